The highest BCUT2D eigenvalue weighted by molar-refractivity contribution is 5.79. The van der Waals surface area contributed by atoms with Crippen LogP contribution in [-0.4, -0.2) is 40.0 Å². The number of rotatable bonds is 6. The monoisotopic (exact) mass is 366 g/mol. The molecule has 0 unspecified atom stereocenters. The molecule has 140 valence electrons. The van der Waals surface area contributed by atoms with E-state index in [9.17, 15) is 9.59 Å². The zero-order valence-corrected chi connectivity index (χ0v) is 15.0. The standard InChI is InChI=1S/C20H22N4O3/c25-19(14-24-16-7-2-1-6-15(16)21-13-20(24)26)22-12-17(18-8-5-11-27-18)23-9-3-4-10-23/h1-2,5-8,11,13,17H,3-4,9-10,12,14H2,(H,22,25)/t17-/m0/s1. The van der Waals surface area contributed by atoms with Crippen molar-refractivity contribution in [1.29, 1.82) is 0 Å². The van der Waals surface area contributed by atoms with Crippen LogP contribution in [0, 0.1) is 0 Å². The number of nitrogens with one attached hydrogen (secondary N) is 1. The fourth-order valence-electron chi connectivity index (χ4n) is 3.63. The van der Waals surface area contributed by atoms with Gasteiger partial charge in [0.2, 0.25) is 5.91 Å². The molecule has 1 aromatic carbocycles. The van der Waals surface area contributed by atoms with Crippen molar-refractivity contribution in [2.75, 3.05) is 19.6 Å². The first-order valence-electron chi connectivity index (χ1n) is 9.21. The number of benzene rings is 1. The largest absolute Gasteiger partial charge is 0.468 e. The van der Waals surface area contributed by atoms with E-state index in [1.54, 1.807) is 12.3 Å². The van der Waals surface area contributed by atoms with Gasteiger partial charge in [-0.2, -0.15) is 0 Å². The van der Waals surface area contributed by atoms with Crippen molar-refractivity contribution >= 4 is 16.9 Å². The SMILES string of the molecule is O=C(Cn1c(=O)cnc2ccccc21)NC[C@@H](c1ccco1)N1CCCC1. The second kappa shape index (κ2) is 7.75. The third kappa shape index (κ3) is 3.78. The molecule has 0 aliphatic carbocycles. The van der Waals surface area contributed by atoms with E-state index in [1.165, 1.54) is 10.8 Å². The minimum atomic E-state index is -0.286. The van der Waals surface area contributed by atoms with Crippen molar-refractivity contribution in [2.24, 2.45) is 0 Å². The predicted octanol–water partition coefficient (Wildman–Crippen LogP) is 1.94. The fraction of sp³-hybridized carbons (Fsp3) is 0.350. The molecular formula is C20H22N4O3. The average molecular weight is 366 g/mol. The number of para-hydroxylation sites is 2. The van der Waals surface area contributed by atoms with Crippen LogP contribution in [-0.2, 0) is 11.3 Å². The molecule has 1 N–H and O–H groups in total. The molecule has 3 aromatic rings. The summed E-state index contributed by atoms with van der Waals surface area (Å²) in [4.78, 5) is 31.2. The predicted molar refractivity (Wildman–Crippen MR) is 101 cm³/mol. The number of carbonyl (C=O) groups excluding carboxylic acids is 1. The highest BCUT2D eigenvalue weighted by Crippen LogP contribution is 2.24. The van der Waals surface area contributed by atoms with Crippen molar-refractivity contribution in [3.8, 4) is 0 Å². The van der Waals surface area contributed by atoms with Crippen LogP contribution < -0.4 is 10.9 Å². The maximum absolute atomic E-state index is 12.6. The zero-order valence-electron chi connectivity index (χ0n) is 15.0. The van der Waals surface area contributed by atoms with E-state index in [1.807, 2.05) is 30.3 Å². The highest BCUT2D eigenvalue weighted by atomic mass is 16.3. The van der Waals surface area contributed by atoms with Gasteiger partial charge in [-0.15, -0.1) is 0 Å². The summed E-state index contributed by atoms with van der Waals surface area (Å²) < 4.78 is 7.03. The topological polar surface area (TPSA) is 80.4 Å². The van der Waals surface area contributed by atoms with Crippen LogP contribution in [0.25, 0.3) is 11.0 Å². The van der Waals surface area contributed by atoms with Crippen LogP contribution >= 0.6 is 0 Å². The van der Waals surface area contributed by atoms with Gasteiger partial charge in [0.25, 0.3) is 5.56 Å². The number of aromatic nitrogens is 2. The summed E-state index contributed by atoms with van der Waals surface area (Å²) in [6, 6.07) is 11.1. The Morgan fingerprint density at radius 3 is 2.78 bits per heavy atom. The molecule has 2 aromatic heterocycles. The van der Waals surface area contributed by atoms with Gasteiger partial charge in [0.1, 0.15) is 12.3 Å². The normalized spacial score (nSPS) is 15.9. The van der Waals surface area contributed by atoms with E-state index in [-0.39, 0.29) is 24.1 Å². The summed E-state index contributed by atoms with van der Waals surface area (Å²) in [6.07, 6.45) is 5.22. The van der Waals surface area contributed by atoms with Crippen LogP contribution in [0.4, 0.5) is 0 Å². The van der Waals surface area contributed by atoms with Crippen molar-refractivity contribution < 1.29 is 9.21 Å². The zero-order chi connectivity index (χ0) is 18.6. The summed E-state index contributed by atoms with van der Waals surface area (Å²) in [6.45, 7) is 2.40. The molecule has 1 aliphatic rings. The van der Waals surface area contributed by atoms with Gasteiger partial charge in [-0.05, 0) is 50.2 Å². The molecule has 4 rings (SSSR count). The van der Waals surface area contributed by atoms with Gasteiger partial charge in [-0.1, -0.05) is 12.1 Å². The van der Waals surface area contributed by atoms with Gasteiger partial charge >= 0.3 is 0 Å². The lowest BCUT2D eigenvalue weighted by molar-refractivity contribution is -0.121. The second-order valence-corrected chi connectivity index (χ2v) is 6.75. The molecular weight excluding hydrogens is 344 g/mol. The lowest BCUT2D eigenvalue weighted by atomic mass is 10.2. The Bertz CT molecular complexity index is 974. The average Bonchev–Trinajstić information content (AvgIpc) is 3.39. The number of nitrogens with zero attached hydrogens (tertiary/aromatic N) is 3. The minimum Gasteiger partial charge on any atom is -0.468 e. The maximum atomic E-state index is 12.6. The van der Waals surface area contributed by atoms with E-state index in [0.29, 0.717) is 17.6 Å². The third-order valence-corrected chi connectivity index (χ3v) is 5.00. The van der Waals surface area contributed by atoms with Crippen molar-refractivity contribution in [3.63, 3.8) is 0 Å². The lowest BCUT2D eigenvalue weighted by Gasteiger charge is -2.26. The number of fused-ring (bicyclic) bond motifs is 1. The molecule has 1 fully saturated rings. The van der Waals surface area contributed by atoms with Crippen LogP contribution in [0.1, 0.15) is 24.6 Å². The smallest absolute Gasteiger partial charge is 0.269 e. The van der Waals surface area contributed by atoms with Gasteiger partial charge in [-0.3, -0.25) is 19.1 Å². The molecule has 7 nitrogen and oxygen atoms in total. The van der Waals surface area contributed by atoms with Crippen molar-refractivity contribution in [1.82, 2.24) is 19.8 Å². The highest BCUT2D eigenvalue weighted by Gasteiger charge is 2.26. The molecule has 0 bridgehead atoms. The summed E-state index contributed by atoms with van der Waals surface area (Å²) >= 11 is 0. The maximum Gasteiger partial charge on any atom is 0.269 e. The summed E-state index contributed by atoms with van der Waals surface area (Å²) in [7, 11) is 0. The fourth-order valence-corrected chi connectivity index (χ4v) is 3.63. The Balaban J connectivity index is 1.48. The van der Waals surface area contributed by atoms with E-state index in [2.05, 4.69) is 15.2 Å². The molecule has 0 spiro atoms. The van der Waals surface area contributed by atoms with Crippen LogP contribution in [0.3, 0.4) is 0 Å². The molecule has 0 saturated carbocycles. The molecule has 1 amide bonds. The molecule has 27 heavy (non-hydrogen) atoms. The van der Waals surface area contributed by atoms with Gasteiger partial charge in [0.15, 0.2) is 0 Å². The summed E-state index contributed by atoms with van der Waals surface area (Å²) in [5.41, 5.74) is 1.06. The van der Waals surface area contributed by atoms with Gasteiger partial charge in [0, 0.05) is 6.54 Å². The summed E-state index contributed by atoms with van der Waals surface area (Å²) in [5.74, 6) is 0.646. The van der Waals surface area contributed by atoms with E-state index < -0.39 is 0 Å². The number of hydrogen-bond donors (Lipinski definition) is 1. The Kier molecular flexibility index (Phi) is 5.02. The number of furan rings is 1. The molecule has 7 heteroatoms. The number of hydrogen-bond acceptors (Lipinski definition) is 5. The Morgan fingerprint density at radius 1 is 1.19 bits per heavy atom. The van der Waals surface area contributed by atoms with E-state index in [4.69, 9.17) is 4.42 Å². The molecule has 3 heterocycles. The second-order valence-electron chi connectivity index (χ2n) is 6.75. The van der Waals surface area contributed by atoms with Crippen molar-refractivity contribution in [3.05, 3.63) is 65.0 Å². The van der Waals surface area contributed by atoms with Crippen molar-refractivity contribution in [2.45, 2.75) is 25.4 Å². The van der Waals surface area contributed by atoms with Gasteiger partial charge < -0.3 is 9.73 Å². The first-order chi connectivity index (χ1) is 13.2. The van der Waals surface area contributed by atoms with E-state index in [0.717, 1.165) is 31.7 Å². The van der Waals surface area contributed by atoms with Gasteiger partial charge in [-0.25, -0.2) is 4.98 Å². The molecule has 1 atom stereocenters. The number of likely N-dealkylation sites (tertiary alicyclic amines) is 1. The van der Waals surface area contributed by atoms with Crippen LogP contribution in [0.15, 0.2) is 58.1 Å². The first kappa shape index (κ1) is 17.5. The van der Waals surface area contributed by atoms with Crippen LogP contribution in [0.5, 0.6) is 0 Å². The third-order valence-electron chi connectivity index (χ3n) is 5.00. The van der Waals surface area contributed by atoms with Gasteiger partial charge in [0.05, 0.1) is 29.5 Å². The quantitative estimate of drug-likeness (QED) is 0.721. The Hall–Kier alpha value is -2.93. The Morgan fingerprint density at radius 2 is 2.00 bits per heavy atom. The molecule has 1 saturated heterocycles. The number of carbonyl (C=O) groups is 1. The minimum absolute atomic E-state index is 0.0114. The Labute approximate surface area is 156 Å². The van der Waals surface area contributed by atoms with E-state index >= 15 is 0 Å². The van der Waals surface area contributed by atoms with Crippen LogP contribution in [0.2, 0.25) is 0 Å². The summed E-state index contributed by atoms with van der Waals surface area (Å²) in [5, 5.41) is 2.97. The first-order valence-corrected chi connectivity index (χ1v) is 9.21. The molecule has 1 aliphatic heterocycles. The molecule has 0 radical (unpaired) electrons. The number of amides is 1. The lowest BCUT2D eigenvalue weighted by Crippen LogP contribution is -2.39.